The van der Waals surface area contributed by atoms with Gasteiger partial charge >= 0.3 is 0 Å². The zero-order valence-corrected chi connectivity index (χ0v) is 21.0. The molecule has 8 nitrogen and oxygen atoms in total. The van der Waals surface area contributed by atoms with E-state index < -0.39 is 6.04 Å². The van der Waals surface area contributed by atoms with Crippen molar-refractivity contribution in [1.82, 2.24) is 29.4 Å². The lowest BCUT2D eigenvalue weighted by Gasteiger charge is -2.31. The molecule has 0 N–H and O–H groups in total. The van der Waals surface area contributed by atoms with Crippen LogP contribution in [0.1, 0.15) is 58.5 Å². The number of halogens is 1. The number of amides is 2. The summed E-state index contributed by atoms with van der Waals surface area (Å²) in [5.41, 5.74) is 3.79. The van der Waals surface area contributed by atoms with Gasteiger partial charge in [0.25, 0.3) is 11.8 Å². The molecular formula is C29H25FN6O2. The lowest BCUT2D eigenvalue weighted by molar-refractivity contribution is 0.0514. The largest absolute Gasteiger partial charge is 0.320 e. The van der Waals surface area contributed by atoms with Gasteiger partial charge in [-0.05, 0) is 54.4 Å². The van der Waals surface area contributed by atoms with Gasteiger partial charge in [0.2, 0.25) is 0 Å². The predicted molar refractivity (Wildman–Crippen MR) is 139 cm³/mol. The van der Waals surface area contributed by atoms with Crippen molar-refractivity contribution < 1.29 is 14.0 Å². The van der Waals surface area contributed by atoms with E-state index in [1.165, 1.54) is 17.0 Å². The summed E-state index contributed by atoms with van der Waals surface area (Å²) in [6.45, 7) is 4.40. The first-order valence-corrected chi connectivity index (χ1v) is 12.6. The molecule has 6 rings (SSSR count). The molecule has 0 aliphatic carbocycles. The first-order chi connectivity index (χ1) is 18.5. The number of hydrogen-bond donors (Lipinski definition) is 0. The summed E-state index contributed by atoms with van der Waals surface area (Å²) in [6, 6.07) is 20.1. The average molecular weight is 509 g/mol. The third-order valence-corrected chi connectivity index (χ3v) is 7.19. The van der Waals surface area contributed by atoms with E-state index >= 15 is 0 Å². The fourth-order valence-electron chi connectivity index (χ4n) is 5.05. The van der Waals surface area contributed by atoms with Gasteiger partial charge in [0.05, 0.1) is 40.6 Å². The highest BCUT2D eigenvalue weighted by Gasteiger charge is 2.44. The zero-order valence-electron chi connectivity index (χ0n) is 21.0. The van der Waals surface area contributed by atoms with Crippen LogP contribution in [0.4, 0.5) is 4.39 Å². The minimum atomic E-state index is -0.577. The van der Waals surface area contributed by atoms with E-state index in [0.29, 0.717) is 34.9 Å². The molecule has 38 heavy (non-hydrogen) atoms. The maximum absolute atomic E-state index is 13.5. The summed E-state index contributed by atoms with van der Waals surface area (Å²) in [5.74, 6) is -0.379. The number of rotatable bonds is 7. The second-order valence-corrected chi connectivity index (χ2v) is 9.53. The van der Waals surface area contributed by atoms with Crippen molar-refractivity contribution in [3.63, 3.8) is 0 Å². The minimum absolute atomic E-state index is 0.0531. The molecule has 2 atom stereocenters. The molecule has 3 heterocycles. The van der Waals surface area contributed by atoms with Gasteiger partial charge in [-0.1, -0.05) is 49.7 Å². The zero-order chi connectivity index (χ0) is 26.4. The van der Waals surface area contributed by atoms with Gasteiger partial charge in [0.1, 0.15) is 23.4 Å². The van der Waals surface area contributed by atoms with Crippen molar-refractivity contribution in [2.24, 2.45) is 5.92 Å². The SMILES string of the molecule is CCC(C)C(c1nc2ccccc2n1Cc1cn(-c2ccc(F)cc2)nn1)N1C(=O)c2ccccc2C1=O. The quantitative estimate of drug-likeness (QED) is 0.283. The number of benzene rings is 3. The van der Waals surface area contributed by atoms with Gasteiger partial charge in [-0.25, -0.2) is 14.1 Å². The van der Waals surface area contributed by atoms with Crippen LogP contribution < -0.4 is 0 Å². The van der Waals surface area contributed by atoms with Crippen LogP contribution in [0.15, 0.2) is 79.0 Å². The Morgan fingerprint density at radius 3 is 2.24 bits per heavy atom. The Balaban J connectivity index is 1.45. The number of imide groups is 1. The summed E-state index contributed by atoms with van der Waals surface area (Å²) in [5, 5.41) is 8.57. The number of carbonyl (C=O) groups is 2. The molecule has 2 aromatic heterocycles. The molecule has 0 fully saturated rings. The van der Waals surface area contributed by atoms with Crippen molar-refractivity contribution in [2.45, 2.75) is 32.9 Å². The maximum Gasteiger partial charge on any atom is 0.262 e. The molecule has 190 valence electrons. The van der Waals surface area contributed by atoms with E-state index in [2.05, 4.69) is 10.3 Å². The summed E-state index contributed by atoms with van der Waals surface area (Å²) in [4.78, 5) is 33.4. The normalized spacial score (nSPS) is 14.8. The lowest BCUT2D eigenvalue weighted by atomic mass is 9.96. The smallest absolute Gasteiger partial charge is 0.262 e. The number of carbonyl (C=O) groups excluding carboxylic acids is 2. The molecule has 1 aliphatic rings. The van der Waals surface area contributed by atoms with E-state index in [4.69, 9.17) is 4.98 Å². The van der Waals surface area contributed by atoms with Crippen LogP contribution in [-0.2, 0) is 6.54 Å². The molecule has 5 aromatic rings. The van der Waals surface area contributed by atoms with Gasteiger partial charge in [-0.15, -0.1) is 5.10 Å². The summed E-state index contributed by atoms with van der Waals surface area (Å²) in [6.07, 6.45) is 2.52. The highest BCUT2D eigenvalue weighted by molar-refractivity contribution is 6.21. The van der Waals surface area contributed by atoms with Gasteiger partial charge in [0.15, 0.2) is 0 Å². The van der Waals surface area contributed by atoms with Crippen molar-refractivity contribution in [3.05, 3.63) is 107 Å². The van der Waals surface area contributed by atoms with Gasteiger partial charge in [-0.2, -0.15) is 0 Å². The van der Waals surface area contributed by atoms with Crippen LogP contribution in [0, 0.1) is 11.7 Å². The molecule has 0 saturated heterocycles. The molecule has 2 unspecified atom stereocenters. The molecule has 0 saturated carbocycles. The van der Waals surface area contributed by atoms with E-state index in [9.17, 15) is 14.0 Å². The first-order valence-electron chi connectivity index (χ1n) is 12.6. The average Bonchev–Trinajstić information content (AvgIpc) is 3.62. The van der Waals surface area contributed by atoms with E-state index in [1.807, 2.05) is 42.7 Å². The molecule has 2 amide bonds. The fraction of sp³-hybridized carbons (Fsp3) is 0.207. The Kier molecular flexibility index (Phi) is 5.83. The number of aromatic nitrogens is 5. The Labute approximate surface area is 218 Å². The molecular weight excluding hydrogens is 483 g/mol. The number of imidazole rings is 1. The summed E-state index contributed by atoms with van der Waals surface area (Å²) < 4.78 is 17.0. The lowest BCUT2D eigenvalue weighted by Crippen LogP contribution is -2.39. The molecule has 0 radical (unpaired) electrons. The number of nitrogens with zero attached hydrogens (tertiary/aromatic N) is 6. The van der Waals surface area contributed by atoms with Crippen LogP contribution >= 0.6 is 0 Å². The van der Waals surface area contributed by atoms with Crippen molar-refractivity contribution in [2.75, 3.05) is 0 Å². The fourth-order valence-corrected chi connectivity index (χ4v) is 5.05. The van der Waals surface area contributed by atoms with E-state index in [1.54, 1.807) is 47.3 Å². The van der Waals surface area contributed by atoms with Crippen molar-refractivity contribution in [1.29, 1.82) is 0 Å². The minimum Gasteiger partial charge on any atom is -0.320 e. The second-order valence-electron chi connectivity index (χ2n) is 9.53. The molecule has 9 heteroatoms. The van der Waals surface area contributed by atoms with Crippen LogP contribution in [0.3, 0.4) is 0 Å². The van der Waals surface area contributed by atoms with Crippen LogP contribution in [0.25, 0.3) is 16.7 Å². The second kappa shape index (κ2) is 9.33. The first kappa shape index (κ1) is 23.7. The summed E-state index contributed by atoms with van der Waals surface area (Å²) >= 11 is 0. The third-order valence-electron chi connectivity index (χ3n) is 7.19. The van der Waals surface area contributed by atoms with Crippen LogP contribution in [0.5, 0.6) is 0 Å². The molecule has 0 bridgehead atoms. The standard InChI is InChI=1S/C29H25FN6O2/c1-3-18(2)26(36-28(37)22-8-4-5-9-23(22)29(36)38)27-31-24-10-6-7-11-25(24)34(27)16-20-17-35(33-32-20)21-14-12-19(30)13-15-21/h4-15,17-18,26H,3,16H2,1-2H3. The predicted octanol–water partition coefficient (Wildman–Crippen LogP) is 5.19. The van der Waals surface area contributed by atoms with Gasteiger partial charge in [-0.3, -0.25) is 14.5 Å². The molecule has 1 aliphatic heterocycles. The monoisotopic (exact) mass is 508 g/mol. The Bertz CT molecular complexity index is 1640. The van der Waals surface area contributed by atoms with Crippen molar-refractivity contribution >= 4 is 22.8 Å². The number of para-hydroxylation sites is 2. The maximum atomic E-state index is 13.5. The van der Waals surface area contributed by atoms with E-state index in [-0.39, 0.29) is 23.5 Å². The third kappa shape index (κ3) is 3.87. The number of hydrogen-bond acceptors (Lipinski definition) is 5. The number of fused-ring (bicyclic) bond motifs is 2. The Hall–Kier alpha value is -4.66. The van der Waals surface area contributed by atoms with Crippen LogP contribution in [-0.4, -0.2) is 41.3 Å². The van der Waals surface area contributed by atoms with E-state index in [0.717, 1.165) is 17.5 Å². The van der Waals surface area contributed by atoms with Gasteiger partial charge < -0.3 is 4.57 Å². The van der Waals surface area contributed by atoms with Crippen LogP contribution in [0.2, 0.25) is 0 Å². The van der Waals surface area contributed by atoms with Crippen molar-refractivity contribution in [3.8, 4) is 5.69 Å². The Morgan fingerprint density at radius 1 is 0.895 bits per heavy atom. The topological polar surface area (TPSA) is 85.9 Å². The Morgan fingerprint density at radius 2 is 1.55 bits per heavy atom. The summed E-state index contributed by atoms with van der Waals surface area (Å²) in [7, 11) is 0. The van der Waals surface area contributed by atoms with Gasteiger partial charge in [0, 0.05) is 0 Å². The highest BCUT2D eigenvalue weighted by Crippen LogP contribution is 2.38. The molecule has 3 aromatic carbocycles. The molecule has 0 spiro atoms. The highest BCUT2D eigenvalue weighted by atomic mass is 19.1.